The standard InChI is InChI=1S/C41H50O15/c1-9-21-17-23-24(18-22(21)10-2)50-25-19-26(51-29(43)12-4)35(38(34(25)36(23)48)54-31(45)14-6)39-41(56-33(47)16-8)40(55-32(46)15-7)37(53-30(44)13-5)27(52-39)20-49-28(42)11-3/h17-19,27,37,39-41H,9-16,20H2,1-8H3/t27-,37-,39+,40+,41+/m1/s1. The van der Waals surface area contributed by atoms with Crippen LogP contribution in [0, 0.1) is 0 Å². The van der Waals surface area contributed by atoms with E-state index in [9.17, 15) is 33.6 Å². The first kappa shape index (κ1) is 43.4. The summed E-state index contributed by atoms with van der Waals surface area (Å²) in [5.41, 5.74) is 1.12. The smallest absolute Gasteiger partial charge is 0.310 e. The SMILES string of the molecule is CCC(=O)OC[C@H]1O[C@@H](c2c(OC(=O)CC)cc3oc4cc(CC)c(CC)cc4c(=O)c3c2OC(=O)CC)[C@H](OC(=O)CC)[C@@H](OC(=O)CC)[C@@H]1OC(=O)CC. The van der Waals surface area contributed by atoms with Crippen LogP contribution in [0.2, 0.25) is 0 Å². The van der Waals surface area contributed by atoms with Gasteiger partial charge < -0.3 is 37.6 Å². The molecule has 0 saturated carbocycles. The van der Waals surface area contributed by atoms with Crippen molar-refractivity contribution in [2.75, 3.05) is 6.61 Å². The van der Waals surface area contributed by atoms with Gasteiger partial charge in [0.15, 0.2) is 24.1 Å². The van der Waals surface area contributed by atoms with Crippen molar-refractivity contribution < 1.29 is 66.3 Å². The maximum absolute atomic E-state index is 14.6. The van der Waals surface area contributed by atoms with Gasteiger partial charge in [0.05, 0.1) is 10.9 Å². The molecule has 4 rings (SSSR count). The minimum atomic E-state index is -1.69. The van der Waals surface area contributed by atoms with Gasteiger partial charge in [-0.1, -0.05) is 55.4 Å². The van der Waals surface area contributed by atoms with Crippen LogP contribution >= 0.6 is 0 Å². The third-order valence-electron chi connectivity index (χ3n) is 9.30. The lowest BCUT2D eigenvalue weighted by atomic mass is 9.88. The Bertz CT molecular complexity index is 2030. The summed E-state index contributed by atoms with van der Waals surface area (Å²) in [6.45, 7) is 12.6. The average Bonchev–Trinajstić information content (AvgIpc) is 3.20. The first-order valence-corrected chi connectivity index (χ1v) is 19.2. The number of carbonyl (C=O) groups is 6. The summed E-state index contributed by atoms with van der Waals surface area (Å²) in [4.78, 5) is 92.5. The molecule has 3 aromatic rings. The van der Waals surface area contributed by atoms with Gasteiger partial charge >= 0.3 is 35.8 Å². The largest absolute Gasteiger partial charge is 0.463 e. The van der Waals surface area contributed by atoms with Crippen molar-refractivity contribution in [1.29, 1.82) is 0 Å². The van der Waals surface area contributed by atoms with Crippen LogP contribution in [0.15, 0.2) is 27.4 Å². The van der Waals surface area contributed by atoms with Crippen LogP contribution in [-0.4, -0.2) is 66.8 Å². The lowest BCUT2D eigenvalue weighted by molar-refractivity contribution is -0.256. The van der Waals surface area contributed by atoms with Gasteiger partial charge in [-0.05, 0) is 36.1 Å². The molecule has 0 spiro atoms. The molecule has 2 aromatic carbocycles. The van der Waals surface area contributed by atoms with Crippen molar-refractivity contribution in [3.63, 3.8) is 0 Å². The third-order valence-corrected chi connectivity index (χ3v) is 9.30. The highest BCUT2D eigenvalue weighted by molar-refractivity contribution is 5.97. The number of hydrogen-bond acceptors (Lipinski definition) is 15. The second-order valence-electron chi connectivity index (χ2n) is 13.0. The van der Waals surface area contributed by atoms with E-state index in [1.165, 1.54) is 33.8 Å². The van der Waals surface area contributed by atoms with Crippen LogP contribution in [0.4, 0.5) is 0 Å². The Morgan fingerprint density at radius 3 is 1.66 bits per heavy atom. The van der Waals surface area contributed by atoms with E-state index in [1.54, 1.807) is 26.0 Å². The number of benzene rings is 2. The molecular weight excluding hydrogens is 732 g/mol. The Kier molecular flexibility index (Phi) is 15.1. The first-order valence-electron chi connectivity index (χ1n) is 19.2. The topological polar surface area (TPSA) is 197 Å². The third kappa shape index (κ3) is 9.55. The molecule has 56 heavy (non-hydrogen) atoms. The molecule has 0 aliphatic carbocycles. The van der Waals surface area contributed by atoms with Gasteiger partial charge in [0.25, 0.3) is 0 Å². The summed E-state index contributed by atoms with van der Waals surface area (Å²) >= 11 is 0. The van der Waals surface area contributed by atoms with E-state index in [2.05, 4.69) is 0 Å². The van der Waals surface area contributed by atoms with Gasteiger partial charge in [0, 0.05) is 44.6 Å². The highest BCUT2D eigenvalue weighted by atomic mass is 16.7. The zero-order chi connectivity index (χ0) is 41.3. The number of esters is 6. The number of aryl methyl sites for hydroxylation is 2. The van der Waals surface area contributed by atoms with Gasteiger partial charge in [-0.2, -0.15) is 0 Å². The van der Waals surface area contributed by atoms with E-state index in [4.69, 9.17) is 37.6 Å². The van der Waals surface area contributed by atoms with Gasteiger partial charge in [0.2, 0.25) is 5.43 Å². The summed E-state index contributed by atoms with van der Waals surface area (Å²) in [6.07, 6.45) is -7.40. The summed E-state index contributed by atoms with van der Waals surface area (Å²) < 4.78 is 47.6. The predicted octanol–water partition coefficient (Wildman–Crippen LogP) is 6.06. The van der Waals surface area contributed by atoms with E-state index in [0.717, 1.165) is 11.1 Å². The Labute approximate surface area is 324 Å². The molecule has 15 heteroatoms. The molecule has 1 saturated heterocycles. The molecule has 0 unspecified atom stereocenters. The summed E-state index contributed by atoms with van der Waals surface area (Å²) in [6, 6.07) is 4.74. The quantitative estimate of drug-likeness (QED) is 0.0703. The average molecular weight is 783 g/mol. The Balaban J connectivity index is 2.20. The van der Waals surface area contributed by atoms with Crippen LogP contribution in [0.1, 0.15) is 117 Å². The maximum atomic E-state index is 14.6. The van der Waals surface area contributed by atoms with Crippen LogP contribution in [0.25, 0.3) is 21.9 Å². The van der Waals surface area contributed by atoms with E-state index >= 15 is 0 Å². The zero-order valence-electron chi connectivity index (χ0n) is 33.1. The minimum absolute atomic E-state index is 0.0251. The van der Waals surface area contributed by atoms with Crippen molar-refractivity contribution in [2.45, 2.75) is 137 Å². The van der Waals surface area contributed by atoms with Crippen molar-refractivity contribution in [1.82, 2.24) is 0 Å². The van der Waals surface area contributed by atoms with Crippen molar-refractivity contribution in [3.05, 3.63) is 45.1 Å². The van der Waals surface area contributed by atoms with Gasteiger partial charge in [-0.15, -0.1) is 0 Å². The fourth-order valence-electron chi connectivity index (χ4n) is 6.27. The molecule has 0 bridgehead atoms. The monoisotopic (exact) mass is 782 g/mol. The molecule has 1 aliphatic rings. The van der Waals surface area contributed by atoms with Crippen LogP contribution in [0.5, 0.6) is 11.5 Å². The lowest BCUT2D eigenvalue weighted by Gasteiger charge is -2.45. The number of rotatable bonds is 16. The molecule has 5 atom stereocenters. The lowest BCUT2D eigenvalue weighted by Crippen LogP contribution is -2.60. The van der Waals surface area contributed by atoms with Crippen molar-refractivity contribution in [3.8, 4) is 11.5 Å². The van der Waals surface area contributed by atoms with Crippen molar-refractivity contribution in [2.24, 2.45) is 0 Å². The number of ether oxygens (including phenoxy) is 7. The molecule has 304 valence electrons. The summed E-state index contributed by atoms with van der Waals surface area (Å²) in [5.74, 6) is -5.27. The number of fused-ring (bicyclic) bond motifs is 2. The van der Waals surface area contributed by atoms with E-state index < -0.39 is 84.1 Å². The molecule has 2 heterocycles. The number of hydrogen-bond donors (Lipinski definition) is 0. The molecule has 15 nitrogen and oxygen atoms in total. The maximum Gasteiger partial charge on any atom is 0.310 e. The fraction of sp³-hybridized carbons (Fsp3) is 0.537. The molecule has 1 aromatic heterocycles. The Morgan fingerprint density at radius 1 is 0.589 bits per heavy atom. The number of carbonyl (C=O) groups excluding carboxylic acids is 6. The predicted molar refractivity (Wildman–Crippen MR) is 200 cm³/mol. The summed E-state index contributed by atoms with van der Waals surface area (Å²) in [5, 5.41) is -0.0505. The molecule has 0 amide bonds. The van der Waals surface area contributed by atoms with E-state index in [-0.39, 0.29) is 71.8 Å². The van der Waals surface area contributed by atoms with Crippen LogP contribution in [-0.2, 0) is 65.3 Å². The van der Waals surface area contributed by atoms with Crippen LogP contribution < -0.4 is 14.9 Å². The van der Waals surface area contributed by atoms with Crippen LogP contribution in [0.3, 0.4) is 0 Å². The van der Waals surface area contributed by atoms with E-state index in [1.807, 2.05) is 13.8 Å². The van der Waals surface area contributed by atoms with Crippen molar-refractivity contribution >= 4 is 57.8 Å². The molecule has 1 fully saturated rings. The Morgan fingerprint density at radius 2 is 1.11 bits per heavy atom. The fourth-order valence-corrected chi connectivity index (χ4v) is 6.27. The Hall–Kier alpha value is -5.31. The molecule has 0 radical (unpaired) electrons. The zero-order valence-corrected chi connectivity index (χ0v) is 33.1. The highest BCUT2D eigenvalue weighted by Crippen LogP contribution is 2.48. The molecule has 0 N–H and O–H groups in total. The summed E-state index contributed by atoms with van der Waals surface area (Å²) in [7, 11) is 0. The minimum Gasteiger partial charge on any atom is -0.463 e. The molecular formula is C41H50O15. The van der Waals surface area contributed by atoms with Gasteiger partial charge in [-0.3, -0.25) is 33.6 Å². The van der Waals surface area contributed by atoms with E-state index in [0.29, 0.717) is 12.8 Å². The highest BCUT2D eigenvalue weighted by Gasteiger charge is 2.54. The second kappa shape index (κ2) is 19.5. The second-order valence-corrected chi connectivity index (χ2v) is 13.0. The van der Waals surface area contributed by atoms with Gasteiger partial charge in [0.1, 0.15) is 41.1 Å². The first-order chi connectivity index (χ1) is 26.8. The normalized spacial score (nSPS) is 19.2. The molecule has 1 aliphatic heterocycles. The van der Waals surface area contributed by atoms with Gasteiger partial charge in [-0.25, -0.2) is 0 Å².